The first-order valence-corrected chi connectivity index (χ1v) is 10.8. The summed E-state index contributed by atoms with van der Waals surface area (Å²) >= 11 is 1.22. The number of nitrogens with one attached hydrogen (secondary N) is 1. The molecule has 1 heterocycles. The van der Waals surface area contributed by atoms with Crippen molar-refractivity contribution in [3.05, 3.63) is 88.1 Å². The predicted octanol–water partition coefficient (Wildman–Crippen LogP) is 6.54. The molecule has 7 nitrogen and oxygen atoms in total. The summed E-state index contributed by atoms with van der Waals surface area (Å²) in [4.78, 5) is 23.3. The Hall–Kier alpha value is -3.60. The molecule has 0 radical (unpaired) electrons. The summed E-state index contributed by atoms with van der Waals surface area (Å²) in [6, 6.07) is 11.7. The number of allylic oxidation sites excluding steroid dienone is 2. The lowest BCUT2D eigenvalue weighted by Crippen LogP contribution is -2.28. The summed E-state index contributed by atoms with van der Waals surface area (Å²) in [7, 11) is 0. The second-order valence-corrected chi connectivity index (χ2v) is 8.31. The number of carboxylic acid groups (broad SMARTS) is 2. The molecule has 0 aromatic heterocycles. The van der Waals surface area contributed by atoms with Crippen LogP contribution in [0.2, 0.25) is 0 Å². The monoisotopic (exact) mass is 495 g/mol. The van der Waals surface area contributed by atoms with Crippen LogP contribution in [0.4, 0.5) is 22.8 Å². The molecule has 180 valence electrons. The van der Waals surface area contributed by atoms with Crippen LogP contribution in [0.25, 0.3) is 0 Å². The molecule has 0 saturated carbocycles. The van der Waals surface area contributed by atoms with Gasteiger partial charge in [-0.2, -0.15) is 13.2 Å². The molecule has 2 aromatic carbocycles. The Kier molecular flexibility index (Phi) is 7.45. The third kappa shape index (κ3) is 5.84. The van der Waals surface area contributed by atoms with Crippen LogP contribution in [-0.4, -0.2) is 22.5 Å². The smallest absolute Gasteiger partial charge is 0.449 e. The minimum absolute atomic E-state index is 0.0681. The Balaban J connectivity index is 2.01. The maximum Gasteiger partial charge on any atom is 0.511 e. The Bertz CT molecular complexity index is 1140. The van der Waals surface area contributed by atoms with E-state index in [-0.39, 0.29) is 17.3 Å². The van der Waals surface area contributed by atoms with E-state index in [1.54, 1.807) is 44.2 Å². The van der Waals surface area contributed by atoms with E-state index in [4.69, 9.17) is 9.47 Å². The minimum Gasteiger partial charge on any atom is -0.449 e. The summed E-state index contributed by atoms with van der Waals surface area (Å²) in [6.07, 6.45) is -7.65. The molecule has 1 aliphatic rings. The average molecular weight is 495 g/mol. The van der Waals surface area contributed by atoms with E-state index in [1.165, 1.54) is 17.8 Å². The number of hydrogen-bond donors (Lipinski definition) is 3. The standard InChI is InChI=1S/C23H20F3NO6S/c1-12-19(32-21(28)29)18(20(13(2)27-12)33-22(30)31)16-8-3-4-9-17(16)34-11-14-6-5-7-15(10-14)23(24,25)26/h3-10,18,27H,11H2,1-2H3,(H,28,29)(H,30,31). The van der Waals surface area contributed by atoms with Gasteiger partial charge in [0, 0.05) is 10.6 Å². The number of rotatable bonds is 6. The van der Waals surface area contributed by atoms with Crippen molar-refractivity contribution in [1.82, 2.24) is 5.32 Å². The van der Waals surface area contributed by atoms with Crippen LogP contribution in [0.1, 0.15) is 36.5 Å². The van der Waals surface area contributed by atoms with Crippen molar-refractivity contribution in [2.24, 2.45) is 0 Å². The first-order chi connectivity index (χ1) is 16.0. The quantitative estimate of drug-likeness (QED) is 0.307. The average Bonchev–Trinajstić information content (AvgIpc) is 2.75. The van der Waals surface area contributed by atoms with Gasteiger partial charge in [0.1, 0.15) is 17.4 Å². The van der Waals surface area contributed by atoms with Gasteiger partial charge in [0.15, 0.2) is 0 Å². The Morgan fingerprint density at radius 1 is 0.971 bits per heavy atom. The molecule has 0 amide bonds. The number of dihydropyridines is 1. The molecule has 3 N–H and O–H groups in total. The summed E-state index contributed by atoms with van der Waals surface area (Å²) in [5, 5.41) is 21.3. The Morgan fingerprint density at radius 3 is 2.12 bits per heavy atom. The normalized spacial score (nSPS) is 14.6. The van der Waals surface area contributed by atoms with Gasteiger partial charge >= 0.3 is 18.5 Å². The summed E-state index contributed by atoms with van der Waals surface area (Å²) in [5.74, 6) is -0.969. The van der Waals surface area contributed by atoms with Crippen molar-refractivity contribution in [2.45, 2.75) is 36.6 Å². The van der Waals surface area contributed by atoms with Gasteiger partial charge in [-0.1, -0.05) is 36.4 Å². The molecular weight excluding hydrogens is 475 g/mol. The lowest BCUT2D eigenvalue weighted by Gasteiger charge is -2.30. The zero-order valence-electron chi connectivity index (χ0n) is 18.0. The molecule has 0 unspecified atom stereocenters. The van der Waals surface area contributed by atoms with Gasteiger partial charge in [0.2, 0.25) is 0 Å². The van der Waals surface area contributed by atoms with E-state index >= 15 is 0 Å². The van der Waals surface area contributed by atoms with Crippen molar-refractivity contribution in [3.8, 4) is 0 Å². The third-order valence-corrected chi connectivity index (χ3v) is 6.07. The van der Waals surface area contributed by atoms with Crippen LogP contribution in [-0.2, 0) is 21.4 Å². The third-order valence-electron chi connectivity index (χ3n) is 4.91. The van der Waals surface area contributed by atoms with Crippen LogP contribution in [0.15, 0.2) is 76.3 Å². The number of alkyl halides is 3. The fourth-order valence-corrected chi connectivity index (χ4v) is 4.58. The fraction of sp³-hybridized carbons (Fsp3) is 0.217. The summed E-state index contributed by atoms with van der Waals surface area (Å²) in [5.41, 5.74) is 0.846. The predicted molar refractivity (Wildman–Crippen MR) is 117 cm³/mol. The van der Waals surface area contributed by atoms with Crippen LogP contribution < -0.4 is 5.32 Å². The highest BCUT2D eigenvalue weighted by Crippen LogP contribution is 2.43. The summed E-state index contributed by atoms with van der Waals surface area (Å²) < 4.78 is 49.2. The lowest BCUT2D eigenvalue weighted by atomic mass is 9.90. The first-order valence-electron chi connectivity index (χ1n) is 9.85. The van der Waals surface area contributed by atoms with E-state index in [9.17, 15) is 33.0 Å². The van der Waals surface area contributed by atoms with Crippen LogP contribution in [0.3, 0.4) is 0 Å². The molecule has 2 aromatic rings. The number of hydrogen-bond acceptors (Lipinski definition) is 6. The largest absolute Gasteiger partial charge is 0.511 e. The minimum atomic E-state index is -4.47. The summed E-state index contributed by atoms with van der Waals surface area (Å²) in [6.45, 7) is 3.15. The molecule has 34 heavy (non-hydrogen) atoms. The van der Waals surface area contributed by atoms with E-state index in [2.05, 4.69) is 5.32 Å². The van der Waals surface area contributed by atoms with E-state index in [0.717, 1.165) is 12.1 Å². The van der Waals surface area contributed by atoms with Crippen molar-refractivity contribution in [2.75, 3.05) is 0 Å². The maximum absolute atomic E-state index is 13.1. The Morgan fingerprint density at radius 2 is 1.56 bits per heavy atom. The second kappa shape index (κ2) is 10.1. The van der Waals surface area contributed by atoms with E-state index < -0.39 is 30.0 Å². The molecule has 0 saturated heterocycles. The van der Waals surface area contributed by atoms with Gasteiger partial charge in [0.05, 0.1) is 17.0 Å². The molecule has 0 atom stereocenters. The van der Waals surface area contributed by atoms with Gasteiger partial charge < -0.3 is 25.0 Å². The highest BCUT2D eigenvalue weighted by atomic mass is 32.2. The van der Waals surface area contributed by atoms with Crippen molar-refractivity contribution < 1.29 is 42.4 Å². The van der Waals surface area contributed by atoms with Gasteiger partial charge in [-0.05, 0) is 37.1 Å². The van der Waals surface area contributed by atoms with E-state index in [1.807, 2.05) is 0 Å². The molecule has 1 aliphatic heterocycles. The van der Waals surface area contributed by atoms with Crippen molar-refractivity contribution >= 4 is 24.1 Å². The maximum atomic E-state index is 13.1. The zero-order chi connectivity index (χ0) is 25.0. The van der Waals surface area contributed by atoms with Gasteiger partial charge in [-0.3, -0.25) is 0 Å². The zero-order valence-corrected chi connectivity index (χ0v) is 18.8. The molecule has 3 rings (SSSR count). The SMILES string of the molecule is CC1=C(OC(=O)O)C(c2ccccc2SCc2cccc(C(F)(F)F)c2)C(OC(=O)O)=C(C)N1. The topological polar surface area (TPSA) is 105 Å². The molecule has 11 heteroatoms. The fourth-order valence-electron chi connectivity index (χ4n) is 3.55. The van der Waals surface area contributed by atoms with Gasteiger partial charge in [-0.25, -0.2) is 9.59 Å². The second-order valence-electron chi connectivity index (χ2n) is 7.30. The van der Waals surface area contributed by atoms with E-state index in [0.29, 0.717) is 27.4 Å². The number of carbonyl (C=O) groups is 2. The first kappa shape index (κ1) is 25.0. The van der Waals surface area contributed by atoms with Crippen molar-refractivity contribution in [3.63, 3.8) is 0 Å². The number of halogens is 3. The van der Waals surface area contributed by atoms with Crippen LogP contribution >= 0.6 is 11.8 Å². The van der Waals surface area contributed by atoms with Gasteiger partial charge in [-0.15, -0.1) is 11.8 Å². The Labute approximate surface area is 196 Å². The number of benzene rings is 2. The molecule has 0 spiro atoms. The number of thioether (sulfide) groups is 1. The van der Waals surface area contributed by atoms with Crippen molar-refractivity contribution in [1.29, 1.82) is 0 Å². The van der Waals surface area contributed by atoms with Crippen LogP contribution in [0, 0.1) is 0 Å². The molecule has 0 aliphatic carbocycles. The molecule has 0 fully saturated rings. The molecule has 0 bridgehead atoms. The number of ether oxygens (including phenoxy) is 2. The highest BCUT2D eigenvalue weighted by Gasteiger charge is 2.36. The molecular formula is C23H20F3NO6S. The van der Waals surface area contributed by atoms with Gasteiger partial charge in [0.25, 0.3) is 0 Å². The highest BCUT2D eigenvalue weighted by molar-refractivity contribution is 7.98. The van der Waals surface area contributed by atoms with Crippen LogP contribution in [0.5, 0.6) is 0 Å². The lowest BCUT2D eigenvalue weighted by molar-refractivity contribution is -0.137.